The van der Waals surface area contributed by atoms with Crippen LogP contribution in [0, 0.1) is 6.92 Å². The van der Waals surface area contributed by atoms with E-state index in [1.54, 1.807) is 12.4 Å². The standard InChI is InChI=1S/C15H13F2N5O3/c1-9-5-20-14(21-6-9)23-8-11(22-18)7-19-10-2-3-12-13(4-10)25-15(16,17)24-12/h2-7H,8,18H2,1H3. The van der Waals surface area contributed by atoms with E-state index in [0.717, 1.165) is 5.56 Å². The van der Waals surface area contributed by atoms with E-state index in [0.29, 0.717) is 11.4 Å². The van der Waals surface area contributed by atoms with Gasteiger partial charge in [0.2, 0.25) is 0 Å². The third-order valence-corrected chi connectivity index (χ3v) is 3.02. The molecule has 0 amide bonds. The fraction of sp³-hybridized carbons (Fsp3) is 0.200. The van der Waals surface area contributed by atoms with E-state index in [4.69, 9.17) is 10.6 Å². The first kappa shape index (κ1) is 16.6. The number of fused-ring (bicyclic) bond motifs is 1. The monoisotopic (exact) mass is 349 g/mol. The van der Waals surface area contributed by atoms with Crippen LogP contribution in [0.1, 0.15) is 5.56 Å². The number of aromatic nitrogens is 2. The number of benzene rings is 1. The number of hydrogen-bond acceptors (Lipinski definition) is 8. The molecule has 2 aromatic rings. The van der Waals surface area contributed by atoms with Gasteiger partial charge >= 0.3 is 12.3 Å². The van der Waals surface area contributed by atoms with Crippen LogP contribution in [0.3, 0.4) is 0 Å². The van der Waals surface area contributed by atoms with Gasteiger partial charge in [-0.25, -0.2) is 9.97 Å². The number of nitrogens with zero attached hydrogens (tertiary/aromatic N) is 4. The summed E-state index contributed by atoms with van der Waals surface area (Å²) in [5.74, 6) is 5.12. The first-order chi connectivity index (χ1) is 11.9. The minimum Gasteiger partial charge on any atom is -0.457 e. The molecule has 0 atom stereocenters. The summed E-state index contributed by atoms with van der Waals surface area (Å²) in [5.41, 5.74) is 1.55. The second kappa shape index (κ2) is 6.67. The predicted octanol–water partition coefficient (Wildman–Crippen LogP) is 2.20. The van der Waals surface area contributed by atoms with Gasteiger partial charge < -0.3 is 20.1 Å². The van der Waals surface area contributed by atoms with Gasteiger partial charge in [0.1, 0.15) is 12.3 Å². The van der Waals surface area contributed by atoms with Crippen LogP contribution >= 0.6 is 0 Å². The fourth-order valence-electron chi connectivity index (χ4n) is 1.87. The molecule has 25 heavy (non-hydrogen) atoms. The first-order valence-corrected chi connectivity index (χ1v) is 7.07. The number of aryl methyl sites for hydroxylation is 1. The summed E-state index contributed by atoms with van der Waals surface area (Å²) >= 11 is 0. The van der Waals surface area contributed by atoms with Crippen molar-refractivity contribution in [1.82, 2.24) is 9.97 Å². The van der Waals surface area contributed by atoms with Gasteiger partial charge in [0.25, 0.3) is 0 Å². The Morgan fingerprint density at radius 3 is 2.72 bits per heavy atom. The average Bonchev–Trinajstić information content (AvgIpc) is 2.89. The van der Waals surface area contributed by atoms with Gasteiger partial charge in [0.15, 0.2) is 11.5 Å². The molecule has 3 rings (SSSR count). The lowest BCUT2D eigenvalue weighted by molar-refractivity contribution is -0.286. The second-order valence-corrected chi connectivity index (χ2v) is 5.01. The van der Waals surface area contributed by atoms with Crippen molar-refractivity contribution >= 4 is 17.6 Å². The van der Waals surface area contributed by atoms with Gasteiger partial charge in [-0.3, -0.25) is 4.99 Å². The van der Waals surface area contributed by atoms with Crippen molar-refractivity contribution < 1.29 is 23.0 Å². The molecule has 0 aliphatic carbocycles. The highest BCUT2D eigenvalue weighted by Gasteiger charge is 2.43. The molecule has 8 nitrogen and oxygen atoms in total. The maximum Gasteiger partial charge on any atom is 0.586 e. The van der Waals surface area contributed by atoms with Crippen molar-refractivity contribution in [3.63, 3.8) is 0 Å². The summed E-state index contributed by atoms with van der Waals surface area (Å²) in [7, 11) is 0. The Balaban J connectivity index is 1.63. The highest BCUT2D eigenvalue weighted by Crippen LogP contribution is 2.42. The predicted molar refractivity (Wildman–Crippen MR) is 84.7 cm³/mol. The summed E-state index contributed by atoms with van der Waals surface area (Å²) in [6.45, 7) is 1.84. The van der Waals surface area contributed by atoms with Crippen LogP contribution in [0.25, 0.3) is 0 Å². The normalized spacial score (nSPS) is 15.6. The number of alkyl halides is 2. The van der Waals surface area contributed by atoms with Gasteiger partial charge in [-0.1, -0.05) is 0 Å². The van der Waals surface area contributed by atoms with Gasteiger partial charge in [-0.05, 0) is 24.6 Å². The zero-order valence-electron chi connectivity index (χ0n) is 13.0. The van der Waals surface area contributed by atoms with E-state index >= 15 is 0 Å². The third kappa shape index (κ3) is 4.16. The Morgan fingerprint density at radius 1 is 1.28 bits per heavy atom. The van der Waals surface area contributed by atoms with Gasteiger partial charge in [-0.2, -0.15) is 5.10 Å². The topological polar surface area (TPSA) is 104 Å². The molecule has 0 spiro atoms. The van der Waals surface area contributed by atoms with E-state index in [1.807, 2.05) is 6.92 Å². The van der Waals surface area contributed by atoms with E-state index in [-0.39, 0.29) is 24.1 Å². The molecule has 0 bridgehead atoms. The van der Waals surface area contributed by atoms with E-state index in [9.17, 15) is 8.78 Å². The number of hydrazone groups is 1. The number of nitrogens with two attached hydrogens (primary N) is 1. The number of ether oxygens (including phenoxy) is 3. The molecule has 0 saturated heterocycles. The Bertz CT molecular complexity index is 824. The minimum atomic E-state index is -3.67. The molecular formula is C15H13F2N5O3. The Labute approximate surface area is 141 Å². The quantitative estimate of drug-likeness (QED) is 0.504. The maximum atomic E-state index is 13.0. The summed E-state index contributed by atoms with van der Waals surface area (Å²) in [6.07, 6.45) is 0.885. The van der Waals surface area contributed by atoms with Gasteiger partial charge in [0.05, 0.1) is 11.9 Å². The van der Waals surface area contributed by atoms with Crippen LogP contribution in [0.15, 0.2) is 40.7 Å². The highest BCUT2D eigenvalue weighted by atomic mass is 19.3. The first-order valence-electron chi connectivity index (χ1n) is 7.07. The molecule has 1 aliphatic rings. The Kier molecular flexibility index (Phi) is 4.42. The molecule has 1 aliphatic heterocycles. The number of rotatable bonds is 5. The second-order valence-electron chi connectivity index (χ2n) is 5.01. The molecule has 130 valence electrons. The summed E-state index contributed by atoms with van der Waals surface area (Å²) in [4.78, 5) is 12.1. The summed E-state index contributed by atoms with van der Waals surface area (Å²) < 4.78 is 40.0. The van der Waals surface area contributed by atoms with Crippen LogP contribution in [0.5, 0.6) is 17.5 Å². The molecule has 10 heteroatoms. The molecule has 0 radical (unpaired) electrons. The van der Waals surface area contributed by atoms with Crippen LogP contribution in [-0.2, 0) is 0 Å². The molecule has 2 N–H and O–H groups in total. The van der Waals surface area contributed by atoms with Crippen LogP contribution in [0.2, 0.25) is 0 Å². The van der Waals surface area contributed by atoms with Crippen molar-refractivity contribution in [3.8, 4) is 17.5 Å². The molecule has 0 saturated carbocycles. The van der Waals surface area contributed by atoms with E-state index in [1.165, 1.54) is 24.4 Å². The zero-order valence-corrected chi connectivity index (χ0v) is 13.0. The molecule has 1 aromatic carbocycles. The zero-order chi connectivity index (χ0) is 17.9. The number of aliphatic imine (C=N–C) groups is 1. The van der Waals surface area contributed by atoms with Crippen molar-refractivity contribution in [1.29, 1.82) is 0 Å². The van der Waals surface area contributed by atoms with Crippen molar-refractivity contribution in [2.75, 3.05) is 6.61 Å². The van der Waals surface area contributed by atoms with Gasteiger partial charge in [0, 0.05) is 18.5 Å². The minimum absolute atomic E-state index is 0.00825. The van der Waals surface area contributed by atoms with E-state index < -0.39 is 6.29 Å². The Morgan fingerprint density at radius 2 is 2.00 bits per heavy atom. The lowest BCUT2D eigenvalue weighted by atomic mass is 10.3. The molecule has 2 heterocycles. The third-order valence-electron chi connectivity index (χ3n) is 3.02. The molecule has 0 unspecified atom stereocenters. The van der Waals surface area contributed by atoms with Gasteiger partial charge in [-0.15, -0.1) is 8.78 Å². The maximum absolute atomic E-state index is 13.0. The fourth-order valence-corrected chi connectivity index (χ4v) is 1.87. The van der Waals surface area contributed by atoms with Crippen LogP contribution in [-0.4, -0.2) is 34.8 Å². The van der Waals surface area contributed by atoms with Crippen molar-refractivity contribution in [2.24, 2.45) is 15.9 Å². The largest absolute Gasteiger partial charge is 0.586 e. The molecule has 0 fully saturated rings. The number of hydrogen-bond donors (Lipinski definition) is 1. The lowest BCUT2D eigenvalue weighted by Crippen LogP contribution is -2.25. The van der Waals surface area contributed by atoms with Crippen LogP contribution in [0.4, 0.5) is 14.5 Å². The number of halogens is 2. The van der Waals surface area contributed by atoms with Crippen molar-refractivity contribution in [3.05, 3.63) is 36.2 Å². The average molecular weight is 349 g/mol. The Hall–Kier alpha value is -3.30. The SMILES string of the molecule is Cc1cnc(OCC(C=Nc2ccc3c(c2)OC(F)(F)O3)=NN)nc1. The van der Waals surface area contributed by atoms with Crippen molar-refractivity contribution in [2.45, 2.75) is 13.2 Å². The highest BCUT2D eigenvalue weighted by molar-refractivity contribution is 6.31. The summed E-state index contributed by atoms with van der Waals surface area (Å²) in [6, 6.07) is 4.30. The van der Waals surface area contributed by atoms with E-state index in [2.05, 4.69) is 29.5 Å². The summed E-state index contributed by atoms with van der Waals surface area (Å²) in [5, 5.41) is 3.54. The molecular weight excluding hydrogens is 336 g/mol. The smallest absolute Gasteiger partial charge is 0.457 e. The lowest BCUT2D eigenvalue weighted by Gasteiger charge is -2.04. The molecule has 1 aromatic heterocycles. The van der Waals surface area contributed by atoms with Crippen LogP contribution < -0.4 is 20.1 Å².